The molecule has 1 aromatic heterocycles. The number of carbonyl (C=O) groups is 1. The van der Waals surface area contributed by atoms with Crippen LogP contribution in [0.3, 0.4) is 0 Å². The number of pyridine rings is 1. The summed E-state index contributed by atoms with van der Waals surface area (Å²) in [7, 11) is 0. The molecular formula is C17H19BrN2O. The van der Waals surface area contributed by atoms with Gasteiger partial charge >= 0.3 is 0 Å². The number of halogens is 1. The first-order valence-corrected chi connectivity index (χ1v) is 7.91. The lowest BCUT2D eigenvalue weighted by atomic mass is 10.1. The van der Waals surface area contributed by atoms with Gasteiger partial charge in [-0.2, -0.15) is 0 Å². The number of hydrogen-bond donors (Lipinski definition) is 0. The Morgan fingerprint density at radius 2 is 1.95 bits per heavy atom. The van der Waals surface area contributed by atoms with Gasteiger partial charge in [0.25, 0.3) is 5.91 Å². The lowest BCUT2D eigenvalue weighted by Crippen LogP contribution is -2.35. The van der Waals surface area contributed by atoms with E-state index < -0.39 is 0 Å². The average molecular weight is 347 g/mol. The first-order chi connectivity index (χ1) is 10.1. The summed E-state index contributed by atoms with van der Waals surface area (Å²) in [6.45, 7) is 4.83. The van der Waals surface area contributed by atoms with E-state index in [1.807, 2.05) is 41.3 Å². The minimum atomic E-state index is -0.0271. The molecule has 0 aliphatic heterocycles. The molecule has 4 heteroatoms. The molecule has 0 spiro atoms. The molecule has 1 heterocycles. The van der Waals surface area contributed by atoms with Gasteiger partial charge in [0.2, 0.25) is 0 Å². The quantitative estimate of drug-likeness (QED) is 0.800. The van der Waals surface area contributed by atoms with Crippen LogP contribution < -0.4 is 0 Å². The third-order valence-corrected chi connectivity index (χ3v) is 4.15. The van der Waals surface area contributed by atoms with Gasteiger partial charge in [-0.3, -0.25) is 9.78 Å². The maximum Gasteiger partial charge on any atom is 0.272 e. The first-order valence-electron chi connectivity index (χ1n) is 7.11. The molecule has 2 rings (SSSR count). The summed E-state index contributed by atoms with van der Waals surface area (Å²) in [4.78, 5) is 18.8. The van der Waals surface area contributed by atoms with Crippen molar-refractivity contribution < 1.29 is 4.79 Å². The van der Waals surface area contributed by atoms with Crippen molar-refractivity contribution in [2.75, 3.05) is 6.54 Å². The normalized spacial score (nSPS) is 12.0. The standard InChI is InChI=1S/C17H19BrN2O/c1-3-12-20(17(21)16-10-6-7-11-19-16)13(2)14-8-4-5-9-15(14)18/h4-11,13H,3,12H2,1-2H3. The second kappa shape index (κ2) is 7.36. The van der Waals surface area contributed by atoms with Gasteiger partial charge in [-0.25, -0.2) is 0 Å². The van der Waals surface area contributed by atoms with E-state index in [1.54, 1.807) is 12.3 Å². The van der Waals surface area contributed by atoms with Crippen LogP contribution >= 0.6 is 15.9 Å². The maximum absolute atomic E-state index is 12.7. The predicted molar refractivity (Wildman–Crippen MR) is 88.1 cm³/mol. The van der Waals surface area contributed by atoms with Crippen LogP contribution in [0.2, 0.25) is 0 Å². The summed E-state index contributed by atoms with van der Waals surface area (Å²) in [6, 6.07) is 13.4. The van der Waals surface area contributed by atoms with Crippen molar-refractivity contribution in [3.8, 4) is 0 Å². The van der Waals surface area contributed by atoms with Crippen LogP contribution in [-0.2, 0) is 0 Å². The molecule has 1 unspecified atom stereocenters. The van der Waals surface area contributed by atoms with E-state index in [0.717, 1.165) is 16.5 Å². The molecule has 1 aromatic carbocycles. The van der Waals surface area contributed by atoms with E-state index in [4.69, 9.17) is 0 Å². The molecule has 0 radical (unpaired) electrons. The van der Waals surface area contributed by atoms with Crippen LogP contribution in [0, 0.1) is 0 Å². The third kappa shape index (κ3) is 3.70. The monoisotopic (exact) mass is 346 g/mol. The Labute approximate surface area is 134 Å². The predicted octanol–water partition coefficient (Wildman–Crippen LogP) is 4.46. The highest BCUT2D eigenvalue weighted by Gasteiger charge is 2.23. The summed E-state index contributed by atoms with van der Waals surface area (Å²) >= 11 is 3.57. The maximum atomic E-state index is 12.7. The minimum absolute atomic E-state index is 0.00460. The molecular weight excluding hydrogens is 328 g/mol. The highest BCUT2D eigenvalue weighted by atomic mass is 79.9. The van der Waals surface area contributed by atoms with Crippen molar-refractivity contribution in [1.29, 1.82) is 0 Å². The second-order valence-electron chi connectivity index (χ2n) is 4.91. The fraction of sp³-hybridized carbons (Fsp3) is 0.294. The smallest absolute Gasteiger partial charge is 0.272 e. The summed E-state index contributed by atoms with van der Waals surface area (Å²) in [6.07, 6.45) is 2.56. The van der Waals surface area contributed by atoms with Crippen LogP contribution in [0.1, 0.15) is 42.4 Å². The Morgan fingerprint density at radius 1 is 1.24 bits per heavy atom. The van der Waals surface area contributed by atoms with Crippen LogP contribution in [0.4, 0.5) is 0 Å². The van der Waals surface area contributed by atoms with E-state index >= 15 is 0 Å². The van der Waals surface area contributed by atoms with Crippen LogP contribution in [-0.4, -0.2) is 22.3 Å². The summed E-state index contributed by atoms with van der Waals surface area (Å²) in [5.74, 6) is -0.0271. The molecule has 0 saturated carbocycles. The van der Waals surface area contributed by atoms with Gasteiger partial charge in [-0.15, -0.1) is 0 Å². The lowest BCUT2D eigenvalue weighted by molar-refractivity contribution is 0.0684. The third-order valence-electron chi connectivity index (χ3n) is 3.43. The van der Waals surface area contributed by atoms with Crippen molar-refractivity contribution in [1.82, 2.24) is 9.88 Å². The van der Waals surface area contributed by atoms with Crippen molar-refractivity contribution >= 4 is 21.8 Å². The van der Waals surface area contributed by atoms with E-state index in [9.17, 15) is 4.79 Å². The Morgan fingerprint density at radius 3 is 2.57 bits per heavy atom. The highest BCUT2D eigenvalue weighted by molar-refractivity contribution is 9.10. The Kier molecular flexibility index (Phi) is 5.51. The van der Waals surface area contributed by atoms with Crippen LogP contribution in [0.5, 0.6) is 0 Å². The Hall–Kier alpha value is -1.68. The first kappa shape index (κ1) is 15.7. The number of carbonyl (C=O) groups excluding carboxylic acids is 1. The molecule has 0 saturated heterocycles. The van der Waals surface area contributed by atoms with Gasteiger partial charge in [0.05, 0.1) is 6.04 Å². The van der Waals surface area contributed by atoms with E-state index in [1.165, 1.54) is 0 Å². The minimum Gasteiger partial charge on any atom is -0.331 e. The molecule has 0 aliphatic rings. The van der Waals surface area contributed by atoms with Gasteiger partial charge in [0.15, 0.2) is 0 Å². The number of benzene rings is 1. The summed E-state index contributed by atoms with van der Waals surface area (Å²) < 4.78 is 1.02. The van der Waals surface area contributed by atoms with Gasteiger partial charge in [-0.1, -0.05) is 47.1 Å². The highest BCUT2D eigenvalue weighted by Crippen LogP contribution is 2.28. The largest absolute Gasteiger partial charge is 0.331 e. The molecule has 1 amide bonds. The Bertz CT molecular complexity index is 601. The van der Waals surface area contributed by atoms with Gasteiger partial charge in [0.1, 0.15) is 5.69 Å². The van der Waals surface area contributed by atoms with Crippen molar-refractivity contribution in [3.63, 3.8) is 0 Å². The molecule has 21 heavy (non-hydrogen) atoms. The van der Waals surface area contributed by atoms with E-state index in [0.29, 0.717) is 12.2 Å². The van der Waals surface area contributed by atoms with E-state index in [2.05, 4.69) is 34.8 Å². The molecule has 0 bridgehead atoms. The van der Waals surface area contributed by atoms with Crippen molar-refractivity contribution in [2.24, 2.45) is 0 Å². The van der Waals surface area contributed by atoms with Gasteiger partial charge in [-0.05, 0) is 37.1 Å². The summed E-state index contributed by atoms with van der Waals surface area (Å²) in [5.41, 5.74) is 1.60. The molecule has 1 atom stereocenters. The molecule has 0 N–H and O–H groups in total. The van der Waals surface area contributed by atoms with Crippen molar-refractivity contribution in [2.45, 2.75) is 26.3 Å². The number of nitrogens with zero attached hydrogens (tertiary/aromatic N) is 2. The lowest BCUT2D eigenvalue weighted by Gasteiger charge is -2.29. The van der Waals surface area contributed by atoms with Crippen LogP contribution in [0.25, 0.3) is 0 Å². The zero-order chi connectivity index (χ0) is 15.2. The fourth-order valence-electron chi connectivity index (χ4n) is 2.33. The molecule has 110 valence electrons. The molecule has 2 aromatic rings. The van der Waals surface area contributed by atoms with Gasteiger partial charge < -0.3 is 4.90 Å². The zero-order valence-electron chi connectivity index (χ0n) is 12.3. The van der Waals surface area contributed by atoms with Gasteiger partial charge in [0, 0.05) is 17.2 Å². The number of hydrogen-bond acceptors (Lipinski definition) is 2. The zero-order valence-corrected chi connectivity index (χ0v) is 13.9. The molecule has 0 fully saturated rings. The molecule has 3 nitrogen and oxygen atoms in total. The van der Waals surface area contributed by atoms with Crippen LogP contribution in [0.15, 0.2) is 53.1 Å². The number of amides is 1. The second-order valence-corrected chi connectivity index (χ2v) is 5.77. The Balaban J connectivity index is 2.31. The number of rotatable bonds is 5. The van der Waals surface area contributed by atoms with E-state index in [-0.39, 0.29) is 11.9 Å². The number of aromatic nitrogens is 1. The van der Waals surface area contributed by atoms with Crippen molar-refractivity contribution in [3.05, 3.63) is 64.4 Å². The molecule has 0 aliphatic carbocycles. The summed E-state index contributed by atoms with van der Waals surface area (Å²) in [5, 5.41) is 0. The fourth-order valence-corrected chi connectivity index (χ4v) is 2.95. The SMILES string of the molecule is CCCN(C(=O)c1ccccn1)C(C)c1ccccc1Br. The average Bonchev–Trinajstić information content (AvgIpc) is 2.52. The topological polar surface area (TPSA) is 33.2 Å².